The zero-order valence-electron chi connectivity index (χ0n) is 36.8. The van der Waals surface area contributed by atoms with E-state index in [2.05, 4.69) is 55.9 Å². The number of amides is 3. The van der Waals surface area contributed by atoms with Gasteiger partial charge in [-0.25, -0.2) is 0 Å². The highest BCUT2D eigenvalue weighted by Gasteiger charge is 2.39. The number of allylic oxidation sites excluding steroid dienone is 1. The molecule has 6 N–H and O–H groups in total. The summed E-state index contributed by atoms with van der Waals surface area (Å²) >= 11 is 0. The number of aryl methyl sites for hydroxylation is 2. The number of carbonyl (C=O) groups excluding carboxylic acids is 4. The third kappa shape index (κ3) is 12.3. The average Bonchev–Trinajstić information content (AvgIpc) is 3.60. The van der Waals surface area contributed by atoms with Crippen LogP contribution >= 0.6 is 0 Å². The van der Waals surface area contributed by atoms with E-state index >= 15 is 0 Å². The molecule has 0 bridgehead atoms. The Morgan fingerprint density at radius 1 is 1.02 bits per heavy atom. The van der Waals surface area contributed by atoms with E-state index in [1.807, 2.05) is 25.1 Å². The lowest BCUT2D eigenvalue weighted by molar-refractivity contribution is -0.136. The first-order chi connectivity index (χ1) is 30.1. The number of piperidine rings is 1. The molecule has 6 rings (SSSR count). The molecule has 0 radical (unpaired) electrons. The maximum Gasteiger partial charge on any atom is 0.255 e. The Hall–Kier alpha value is -5.60. The van der Waals surface area contributed by atoms with E-state index in [0.717, 1.165) is 101 Å². The number of fused-ring (bicyclic) bond motifs is 1. The first kappa shape index (κ1) is 45.9. The Bertz CT molecular complexity index is 2100. The number of carbonyl (C=O) groups is 4. The molecule has 1 unspecified atom stereocenters. The van der Waals surface area contributed by atoms with Gasteiger partial charge in [0.05, 0.1) is 29.2 Å². The van der Waals surface area contributed by atoms with Gasteiger partial charge in [-0.1, -0.05) is 44.4 Å². The number of unbranched alkanes of at least 4 members (excludes halogenated alkanes) is 4. The molecule has 3 aromatic rings. The van der Waals surface area contributed by atoms with E-state index in [1.54, 1.807) is 24.1 Å². The number of aldehydes is 1. The molecule has 3 aliphatic rings. The fourth-order valence-electron chi connectivity index (χ4n) is 8.78. The van der Waals surface area contributed by atoms with E-state index in [4.69, 9.17) is 15.9 Å². The molecule has 3 amide bonds. The number of anilines is 2. The van der Waals surface area contributed by atoms with E-state index in [9.17, 15) is 19.2 Å². The van der Waals surface area contributed by atoms with Crippen molar-refractivity contribution in [2.24, 2.45) is 5.92 Å². The zero-order chi connectivity index (χ0) is 44.0. The summed E-state index contributed by atoms with van der Waals surface area (Å²) in [5.74, 6) is 0.108. The van der Waals surface area contributed by atoms with Crippen molar-refractivity contribution >= 4 is 47.2 Å². The van der Waals surface area contributed by atoms with Crippen molar-refractivity contribution in [3.8, 4) is 0 Å². The van der Waals surface area contributed by atoms with Crippen molar-refractivity contribution in [3.05, 3.63) is 93.6 Å². The number of hydrogen-bond acceptors (Lipinski definition) is 12. The number of nitrogen functional groups attached to an aromatic ring is 1. The van der Waals surface area contributed by atoms with Gasteiger partial charge in [-0.05, 0) is 105 Å². The minimum absolute atomic E-state index is 0.106. The van der Waals surface area contributed by atoms with E-state index in [-0.39, 0.29) is 24.1 Å². The summed E-state index contributed by atoms with van der Waals surface area (Å²) in [5, 5.41) is 17.0. The number of imide groups is 1. The van der Waals surface area contributed by atoms with Crippen molar-refractivity contribution in [1.29, 1.82) is 5.41 Å². The van der Waals surface area contributed by atoms with E-state index < -0.39 is 6.04 Å². The number of benzene rings is 2. The Kier molecular flexibility index (Phi) is 16.6. The summed E-state index contributed by atoms with van der Waals surface area (Å²) in [4.78, 5) is 59.9. The maximum absolute atomic E-state index is 13.2. The number of nitrogens with two attached hydrogens (primary N) is 1. The predicted octanol–water partition coefficient (Wildman–Crippen LogP) is 5.94. The minimum atomic E-state index is -0.578. The summed E-state index contributed by atoms with van der Waals surface area (Å²) in [7, 11) is 1.75. The lowest BCUT2D eigenvalue weighted by Gasteiger charge is -2.34. The summed E-state index contributed by atoms with van der Waals surface area (Å²) in [6.07, 6.45) is 11.2. The normalized spacial score (nSPS) is 17.9. The second kappa shape index (κ2) is 22.5. The third-order valence-electron chi connectivity index (χ3n) is 12.3. The molecule has 2 atom stereocenters. The minimum Gasteiger partial charge on any atom is -0.479 e. The van der Waals surface area contributed by atoms with Gasteiger partial charge in [0.15, 0.2) is 5.88 Å². The number of pyridine rings is 1. The van der Waals surface area contributed by atoms with Gasteiger partial charge in [0.2, 0.25) is 11.8 Å². The fraction of sp³-hybridized carbons (Fsp3) is 0.500. The molecular formula is C48H65N9O5. The molecule has 2 aromatic carbocycles. The topological polar surface area (TPSA) is 186 Å². The molecule has 332 valence electrons. The van der Waals surface area contributed by atoms with Crippen LogP contribution in [0.25, 0.3) is 5.57 Å². The Morgan fingerprint density at radius 2 is 1.79 bits per heavy atom. The number of nitrogens with one attached hydrogen (secondary N) is 4. The van der Waals surface area contributed by atoms with Gasteiger partial charge in [0, 0.05) is 82.3 Å². The number of rotatable bonds is 23. The van der Waals surface area contributed by atoms with Gasteiger partial charge < -0.3 is 36.3 Å². The van der Waals surface area contributed by atoms with Crippen molar-refractivity contribution in [3.63, 3.8) is 0 Å². The predicted molar refractivity (Wildman–Crippen MR) is 244 cm³/mol. The van der Waals surface area contributed by atoms with Crippen LogP contribution in [0.1, 0.15) is 114 Å². The number of aromatic nitrogens is 1. The molecule has 0 aliphatic carbocycles. The lowest BCUT2D eigenvalue weighted by atomic mass is 9.98. The van der Waals surface area contributed by atoms with Crippen molar-refractivity contribution in [2.75, 3.05) is 64.0 Å². The molecule has 0 spiro atoms. The van der Waals surface area contributed by atoms with Gasteiger partial charge in [-0.2, -0.15) is 0 Å². The molecule has 4 heterocycles. The molecule has 62 heavy (non-hydrogen) atoms. The van der Waals surface area contributed by atoms with Crippen LogP contribution in [-0.4, -0.2) is 109 Å². The quantitative estimate of drug-likeness (QED) is 0.0190. The highest BCUT2D eigenvalue weighted by Crippen LogP contribution is 2.31. The van der Waals surface area contributed by atoms with Crippen LogP contribution in [-0.2, 0) is 33.8 Å². The first-order valence-electron chi connectivity index (χ1n) is 22.4. The van der Waals surface area contributed by atoms with Gasteiger partial charge in [0.25, 0.3) is 5.91 Å². The average molecular weight is 848 g/mol. The standard InChI is InChI=1S/C48H65N9O5/c1-33(11-10-24-62-47(51-3)39(28-49)42-27-36(32-58)25-34(2)53-42)29-52-43-26-35(15-16-41(43)50)30-56-22-20-55(21-23-56)19-8-6-4-5-7-12-37-13-9-14-38-40(37)31-57(48(38)61)44-17-18-45(59)54-46(44)60/h9,13-16,25-28,32-33,44,49,51-52H,4-8,10-12,17-24,29-31,50H2,1-3H3,(H,54,59,60)/b47-39-,49-28?/t33-,44?/m1/s1. The van der Waals surface area contributed by atoms with Crippen LogP contribution in [0.2, 0.25) is 0 Å². The number of nitrogens with zero attached hydrogens (tertiary/aromatic N) is 4. The molecule has 2 saturated heterocycles. The van der Waals surface area contributed by atoms with Crippen LogP contribution in [0, 0.1) is 18.3 Å². The van der Waals surface area contributed by atoms with Crippen LogP contribution in [0.15, 0.2) is 54.4 Å². The van der Waals surface area contributed by atoms with Gasteiger partial charge in [0.1, 0.15) is 12.3 Å². The number of piperazine rings is 1. The lowest BCUT2D eigenvalue weighted by Crippen LogP contribution is -2.52. The molecule has 2 fully saturated rings. The summed E-state index contributed by atoms with van der Waals surface area (Å²) < 4.78 is 6.04. The Labute approximate surface area is 366 Å². The summed E-state index contributed by atoms with van der Waals surface area (Å²) in [6.45, 7) is 12.0. The summed E-state index contributed by atoms with van der Waals surface area (Å²) in [5.41, 5.74) is 14.5. The van der Waals surface area contributed by atoms with Crippen LogP contribution in [0.3, 0.4) is 0 Å². The van der Waals surface area contributed by atoms with Crippen molar-refractivity contribution in [2.45, 2.75) is 97.2 Å². The van der Waals surface area contributed by atoms with E-state index in [1.165, 1.54) is 36.6 Å². The number of ether oxygens (including phenoxy) is 1. The van der Waals surface area contributed by atoms with Gasteiger partial charge in [-0.15, -0.1) is 0 Å². The largest absolute Gasteiger partial charge is 0.479 e. The highest BCUT2D eigenvalue weighted by molar-refractivity contribution is 6.08. The fourth-order valence-corrected chi connectivity index (χ4v) is 8.78. The molecule has 14 heteroatoms. The highest BCUT2D eigenvalue weighted by atomic mass is 16.5. The molecule has 14 nitrogen and oxygen atoms in total. The van der Waals surface area contributed by atoms with Gasteiger partial charge in [-0.3, -0.25) is 34.4 Å². The molecule has 3 aliphatic heterocycles. The summed E-state index contributed by atoms with van der Waals surface area (Å²) in [6, 6.07) is 15.0. The second-order valence-electron chi connectivity index (χ2n) is 17.1. The molecule has 1 aromatic heterocycles. The Morgan fingerprint density at radius 3 is 2.55 bits per heavy atom. The number of hydrogen-bond donors (Lipinski definition) is 5. The van der Waals surface area contributed by atoms with Crippen LogP contribution in [0.5, 0.6) is 0 Å². The van der Waals surface area contributed by atoms with Crippen molar-refractivity contribution < 1.29 is 23.9 Å². The van der Waals surface area contributed by atoms with Crippen LogP contribution in [0.4, 0.5) is 11.4 Å². The second-order valence-corrected chi connectivity index (χ2v) is 17.1. The first-order valence-corrected chi connectivity index (χ1v) is 22.4. The SMILES string of the molecule is CN/C(OCCC[C@@H](C)CNc1cc(CN2CCN(CCCCCCCc3cccc4c3CN(C3CCC(=O)NC3=O)C4=O)CC2)ccc1N)=C(\C=N)c1cc(C=O)cc(C)n1. The zero-order valence-corrected chi connectivity index (χ0v) is 36.8. The van der Waals surface area contributed by atoms with Crippen LogP contribution < -0.4 is 21.7 Å². The molecule has 0 saturated carbocycles. The molecular weight excluding hydrogens is 783 g/mol. The van der Waals surface area contributed by atoms with E-state index in [0.29, 0.717) is 59.5 Å². The van der Waals surface area contributed by atoms with Crippen molar-refractivity contribution in [1.82, 2.24) is 30.3 Å². The monoisotopic (exact) mass is 848 g/mol. The van der Waals surface area contributed by atoms with Gasteiger partial charge >= 0.3 is 0 Å². The third-order valence-corrected chi connectivity index (χ3v) is 12.3. The Balaban J connectivity index is 0.840. The maximum atomic E-state index is 13.2. The smallest absolute Gasteiger partial charge is 0.255 e.